The molecule has 3 nitrogen and oxygen atoms in total. The SMILES string of the molecule is CC1(C)c2ccccc2-c2ccc(-c3ccc4c(c3)c3ccccc3c3ccc(-c5nc(-c6ccccc6)nc(-c6ccccc6)n5)cc34)cc21. The summed E-state index contributed by atoms with van der Waals surface area (Å²) in [5.41, 5.74) is 10.8. The molecule has 0 saturated heterocycles. The molecule has 1 heterocycles. The van der Waals surface area contributed by atoms with Gasteiger partial charge >= 0.3 is 0 Å². The van der Waals surface area contributed by atoms with E-state index in [9.17, 15) is 0 Å². The van der Waals surface area contributed by atoms with Gasteiger partial charge in [0.05, 0.1) is 0 Å². The molecule has 0 atom stereocenters. The van der Waals surface area contributed by atoms with Crippen LogP contribution in [0.15, 0.2) is 164 Å². The van der Waals surface area contributed by atoms with Gasteiger partial charge in [0.25, 0.3) is 0 Å². The predicted octanol–water partition coefficient (Wildman–Crippen LogP) is 12.3. The van der Waals surface area contributed by atoms with E-state index >= 15 is 0 Å². The number of hydrogen-bond acceptors (Lipinski definition) is 3. The molecular formula is C48H33N3. The normalized spacial score (nSPS) is 13.1. The van der Waals surface area contributed by atoms with Crippen LogP contribution >= 0.6 is 0 Å². The second kappa shape index (κ2) is 11.3. The van der Waals surface area contributed by atoms with Crippen LogP contribution < -0.4 is 0 Å². The lowest BCUT2D eigenvalue weighted by atomic mass is 9.81. The number of benzene rings is 8. The molecule has 0 fully saturated rings. The van der Waals surface area contributed by atoms with Crippen LogP contribution in [0.2, 0.25) is 0 Å². The molecule has 0 radical (unpaired) electrons. The molecule has 0 spiro atoms. The van der Waals surface area contributed by atoms with Crippen molar-refractivity contribution >= 4 is 32.3 Å². The van der Waals surface area contributed by atoms with E-state index in [0.29, 0.717) is 17.5 Å². The molecule has 1 aliphatic rings. The van der Waals surface area contributed by atoms with Gasteiger partial charge in [0.2, 0.25) is 0 Å². The molecule has 10 rings (SSSR count). The van der Waals surface area contributed by atoms with E-state index in [1.807, 2.05) is 60.7 Å². The molecule has 3 heteroatoms. The lowest BCUT2D eigenvalue weighted by molar-refractivity contribution is 0.660. The minimum atomic E-state index is -0.0478. The van der Waals surface area contributed by atoms with E-state index in [1.54, 1.807) is 0 Å². The zero-order chi connectivity index (χ0) is 34.1. The topological polar surface area (TPSA) is 38.7 Å². The second-order valence-electron chi connectivity index (χ2n) is 14.0. The fourth-order valence-electron chi connectivity index (χ4n) is 8.10. The molecule has 9 aromatic rings. The van der Waals surface area contributed by atoms with Crippen molar-refractivity contribution in [3.63, 3.8) is 0 Å². The average Bonchev–Trinajstić information content (AvgIpc) is 3.43. The van der Waals surface area contributed by atoms with Crippen molar-refractivity contribution in [2.24, 2.45) is 0 Å². The van der Waals surface area contributed by atoms with Gasteiger partial charge in [-0.05, 0) is 83.9 Å². The first-order chi connectivity index (χ1) is 25.0. The molecule has 51 heavy (non-hydrogen) atoms. The van der Waals surface area contributed by atoms with Gasteiger partial charge in [-0.2, -0.15) is 0 Å². The van der Waals surface area contributed by atoms with Crippen molar-refractivity contribution < 1.29 is 0 Å². The third kappa shape index (κ3) is 4.69. The van der Waals surface area contributed by atoms with Crippen molar-refractivity contribution in [1.29, 1.82) is 0 Å². The standard InChI is InChI=1S/C48H33N3/c1-48(2)43-20-12-11-19-39(43)40-26-22-33(29-44(40)48)32-21-24-38-41(27-32)36-18-10-9-17-35(36)37-25-23-34(28-42(37)38)47-50-45(30-13-5-3-6-14-30)49-46(51-47)31-15-7-4-8-16-31/h3-29H,1-2H3. The summed E-state index contributed by atoms with van der Waals surface area (Å²) in [5.74, 6) is 1.98. The smallest absolute Gasteiger partial charge is 0.164 e. The first-order valence-corrected chi connectivity index (χ1v) is 17.5. The Morgan fingerprint density at radius 1 is 0.314 bits per heavy atom. The summed E-state index contributed by atoms with van der Waals surface area (Å²) in [5, 5.41) is 7.33. The van der Waals surface area contributed by atoms with Gasteiger partial charge in [0.15, 0.2) is 17.5 Å². The van der Waals surface area contributed by atoms with Crippen LogP contribution in [0.5, 0.6) is 0 Å². The Labute approximate surface area is 297 Å². The lowest BCUT2D eigenvalue weighted by Crippen LogP contribution is -2.14. The van der Waals surface area contributed by atoms with Crippen LogP contribution in [-0.2, 0) is 5.41 Å². The van der Waals surface area contributed by atoms with Gasteiger partial charge in [-0.15, -0.1) is 0 Å². The van der Waals surface area contributed by atoms with Crippen LogP contribution in [0.3, 0.4) is 0 Å². The van der Waals surface area contributed by atoms with E-state index in [-0.39, 0.29) is 5.41 Å². The third-order valence-corrected chi connectivity index (χ3v) is 10.7. The van der Waals surface area contributed by atoms with Gasteiger partial charge in [0, 0.05) is 22.1 Å². The lowest BCUT2D eigenvalue weighted by Gasteiger charge is -2.22. The Hall–Kier alpha value is -6.45. The molecule has 0 N–H and O–H groups in total. The number of nitrogens with zero attached hydrogens (tertiary/aromatic N) is 3. The maximum absolute atomic E-state index is 5.04. The number of aromatic nitrogens is 3. The maximum atomic E-state index is 5.04. The Morgan fingerprint density at radius 2 is 0.745 bits per heavy atom. The van der Waals surface area contributed by atoms with Gasteiger partial charge in [-0.25, -0.2) is 15.0 Å². The Balaban J connectivity index is 1.16. The van der Waals surface area contributed by atoms with Crippen LogP contribution in [-0.4, -0.2) is 15.0 Å². The van der Waals surface area contributed by atoms with Crippen LogP contribution in [0.1, 0.15) is 25.0 Å². The van der Waals surface area contributed by atoms with E-state index in [4.69, 9.17) is 15.0 Å². The zero-order valence-electron chi connectivity index (χ0n) is 28.4. The summed E-state index contributed by atoms with van der Waals surface area (Å²) in [6, 6.07) is 58.5. The molecule has 1 aromatic heterocycles. The minimum Gasteiger partial charge on any atom is -0.208 e. The molecule has 0 saturated carbocycles. The van der Waals surface area contributed by atoms with Gasteiger partial charge in [0.1, 0.15) is 0 Å². The summed E-state index contributed by atoms with van der Waals surface area (Å²) in [6.07, 6.45) is 0. The summed E-state index contributed by atoms with van der Waals surface area (Å²) in [4.78, 5) is 15.0. The number of rotatable bonds is 4. The van der Waals surface area contributed by atoms with Gasteiger partial charge < -0.3 is 0 Å². The van der Waals surface area contributed by atoms with Crippen molar-refractivity contribution in [1.82, 2.24) is 15.0 Å². The predicted molar refractivity (Wildman–Crippen MR) is 212 cm³/mol. The van der Waals surface area contributed by atoms with E-state index in [2.05, 4.69) is 117 Å². The maximum Gasteiger partial charge on any atom is 0.164 e. The Bertz CT molecular complexity index is 2760. The van der Waals surface area contributed by atoms with Crippen molar-refractivity contribution in [2.75, 3.05) is 0 Å². The molecule has 1 aliphatic carbocycles. The van der Waals surface area contributed by atoms with Crippen molar-refractivity contribution in [3.8, 4) is 56.4 Å². The average molecular weight is 652 g/mol. The molecule has 0 unspecified atom stereocenters. The zero-order valence-corrected chi connectivity index (χ0v) is 28.4. The fourth-order valence-corrected chi connectivity index (χ4v) is 8.10. The molecule has 0 amide bonds. The highest BCUT2D eigenvalue weighted by atomic mass is 15.0. The van der Waals surface area contributed by atoms with Crippen LogP contribution in [0.25, 0.3) is 88.7 Å². The Morgan fingerprint density at radius 3 is 1.41 bits per heavy atom. The first kappa shape index (κ1) is 29.5. The van der Waals surface area contributed by atoms with Crippen molar-refractivity contribution in [3.05, 3.63) is 175 Å². The molecule has 8 aromatic carbocycles. The summed E-state index contributed by atoms with van der Waals surface area (Å²) in [7, 11) is 0. The first-order valence-electron chi connectivity index (χ1n) is 17.5. The summed E-state index contributed by atoms with van der Waals surface area (Å²) >= 11 is 0. The fraction of sp³-hybridized carbons (Fsp3) is 0.0625. The van der Waals surface area contributed by atoms with Crippen LogP contribution in [0.4, 0.5) is 0 Å². The highest BCUT2D eigenvalue weighted by Gasteiger charge is 2.35. The third-order valence-electron chi connectivity index (χ3n) is 10.7. The van der Waals surface area contributed by atoms with E-state index in [0.717, 1.165) is 16.7 Å². The molecule has 240 valence electrons. The van der Waals surface area contributed by atoms with Crippen LogP contribution in [0, 0.1) is 0 Å². The van der Waals surface area contributed by atoms with E-state index in [1.165, 1.54) is 65.7 Å². The quantitative estimate of drug-likeness (QED) is 0.178. The second-order valence-corrected chi connectivity index (χ2v) is 14.0. The number of hydrogen-bond donors (Lipinski definition) is 0. The monoisotopic (exact) mass is 651 g/mol. The van der Waals surface area contributed by atoms with E-state index < -0.39 is 0 Å². The van der Waals surface area contributed by atoms with Crippen molar-refractivity contribution in [2.45, 2.75) is 19.3 Å². The van der Waals surface area contributed by atoms with Gasteiger partial charge in [-0.3, -0.25) is 0 Å². The summed E-state index contributed by atoms with van der Waals surface area (Å²) in [6.45, 7) is 4.69. The Kier molecular flexibility index (Phi) is 6.53. The largest absolute Gasteiger partial charge is 0.208 e. The minimum absolute atomic E-state index is 0.0478. The highest BCUT2D eigenvalue weighted by molar-refractivity contribution is 6.26. The molecule has 0 aliphatic heterocycles. The molecular weight excluding hydrogens is 619 g/mol. The number of fused-ring (bicyclic) bond motifs is 9. The highest BCUT2D eigenvalue weighted by Crippen LogP contribution is 2.50. The molecule has 0 bridgehead atoms. The summed E-state index contributed by atoms with van der Waals surface area (Å²) < 4.78 is 0. The van der Waals surface area contributed by atoms with Gasteiger partial charge in [-0.1, -0.05) is 159 Å².